The molecule has 16 heavy (non-hydrogen) atoms. The average Bonchev–Trinajstić information content (AvgIpc) is 2.49. The summed E-state index contributed by atoms with van der Waals surface area (Å²) < 4.78 is 0. The molecule has 0 saturated carbocycles. The molecule has 6 heteroatoms. The third-order valence-corrected chi connectivity index (χ3v) is 2.82. The summed E-state index contributed by atoms with van der Waals surface area (Å²) in [6, 6.07) is 0. The van der Waals surface area contributed by atoms with Crippen molar-refractivity contribution >= 4 is 23.2 Å². The third-order valence-electron chi connectivity index (χ3n) is 1.99. The summed E-state index contributed by atoms with van der Waals surface area (Å²) in [6.45, 7) is 4.74. The second kappa shape index (κ2) is 4.61. The molecule has 0 atom stereocenters. The highest BCUT2D eigenvalue weighted by atomic mass is 32.1. The Morgan fingerprint density at radius 1 is 1.56 bits per heavy atom. The molecular formula is C10H14N2O3S. The molecule has 5 nitrogen and oxygen atoms in total. The number of aromatic nitrogens is 1. The van der Waals surface area contributed by atoms with Crippen molar-refractivity contribution in [2.24, 2.45) is 0 Å². The van der Waals surface area contributed by atoms with Gasteiger partial charge in [-0.1, -0.05) is 0 Å². The fourth-order valence-electron chi connectivity index (χ4n) is 1.10. The van der Waals surface area contributed by atoms with Crippen LogP contribution >= 0.6 is 11.3 Å². The maximum absolute atomic E-state index is 11.5. The number of carboxylic acids is 1. The second-order valence-corrected chi connectivity index (χ2v) is 5.08. The molecule has 0 bridgehead atoms. The van der Waals surface area contributed by atoms with E-state index in [2.05, 4.69) is 10.3 Å². The molecule has 1 aromatic rings. The maximum atomic E-state index is 11.5. The number of aryl methyl sites for hydroxylation is 1. The molecule has 88 valence electrons. The van der Waals surface area contributed by atoms with E-state index in [1.54, 1.807) is 5.38 Å². The van der Waals surface area contributed by atoms with Crippen LogP contribution in [0.1, 0.15) is 24.5 Å². The zero-order chi connectivity index (χ0) is 12.3. The van der Waals surface area contributed by atoms with E-state index in [0.29, 0.717) is 5.69 Å². The van der Waals surface area contributed by atoms with Gasteiger partial charge in [-0.15, -0.1) is 11.3 Å². The minimum absolute atomic E-state index is 0.112. The lowest BCUT2D eigenvalue weighted by molar-refractivity contribution is -0.145. The standard InChI is InChI=1S/C10H14N2O3S/c1-6-11-7(5-16-6)4-8(13)12-10(2,3)9(14)15/h5H,4H2,1-3H3,(H,12,13)(H,14,15). The number of carbonyl (C=O) groups is 2. The van der Waals surface area contributed by atoms with Crippen LogP contribution in [0, 0.1) is 6.92 Å². The quantitative estimate of drug-likeness (QED) is 0.824. The summed E-state index contributed by atoms with van der Waals surface area (Å²) in [7, 11) is 0. The first-order valence-electron chi connectivity index (χ1n) is 4.76. The van der Waals surface area contributed by atoms with E-state index in [0.717, 1.165) is 5.01 Å². The van der Waals surface area contributed by atoms with Crippen LogP contribution in [0.15, 0.2) is 5.38 Å². The van der Waals surface area contributed by atoms with Gasteiger partial charge in [0, 0.05) is 5.38 Å². The average molecular weight is 242 g/mol. The number of aliphatic carboxylic acids is 1. The number of hydrogen-bond donors (Lipinski definition) is 2. The first kappa shape index (κ1) is 12.6. The SMILES string of the molecule is Cc1nc(CC(=O)NC(C)(C)C(=O)O)cs1. The van der Waals surface area contributed by atoms with Crippen molar-refractivity contribution < 1.29 is 14.7 Å². The van der Waals surface area contributed by atoms with Gasteiger partial charge in [-0.3, -0.25) is 4.79 Å². The Labute approximate surface area is 97.5 Å². The highest BCUT2D eigenvalue weighted by Gasteiger charge is 2.28. The van der Waals surface area contributed by atoms with E-state index in [1.807, 2.05) is 6.92 Å². The fraction of sp³-hybridized carbons (Fsp3) is 0.500. The molecule has 1 aromatic heterocycles. The minimum atomic E-state index is -1.25. The molecule has 1 heterocycles. The van der Waals surface area contributed by atoms with Crippen molar-refractivity contribution in [2.45, 2.75) is 32.7 Å². The van der Waals surface area contributed by atoms with Gasteiger partial charge in [-0.05, 0) is 20.8 Å². The van der Waals surface area contributed by atoms with E-state index < -0.39 is 11.5 Å². The van der Waals surface area contributed by atoms with E-state index in [4.69, 9.17) is 5.11 Å². The molecule has 1 rings (SSSR count). The molecule has 0 aromatic carbocycles. The number of carbonyl (C=O) groups excluding carboxylic acids is 1. The summed E-state index contributed by atoms with van der Waals surface area (Å²) in [5.74, 6) is -1.40. The van der Waals surface area contributed by atoms with Gasteiger partial charge < -0.3 is 10.4 Å². The normalized spacial score (nSPS) is 11.2. The van der Waals surface area contributed by atoms with Gasteiger partial charge in [0.25, 0.3) is 0 Å². The predicted molar refractivity (Wildman–Crippen MR) is 60.4 cm³/mol. The number of nitrogens with zero attached hydrogens (tertiary/aromatic N) is 1. The van der Waals surface area contributed by atoms with Crippen LogP contribution in [0.25, 0.3) is 0 Å². The van der Waals surface area contributed by atoms with Gasteiger partial charge in [0.15, 0.2) is 0 Å². The van der Waals surface area contributed by atoms with Crippen molar-refractivity contribution in [3.63, 3.8) is 0 Å². The summed E-state index contributed by atoms with van der Waals surface area (Å²) >= 11 is 1.46. The summed E-state index contributed by atoms with van der Waals surface area (Å²) in [6.07, 6.45) is 0.112. The lowest BCUT2D eigenvalue weighted by atomic mass is 10.1. The largest absolute Gasteiger partial charge is 0.480 e. The van der Waals surface area contributed by atoms with Crippen molar-refractivity contribution in [1.82, 2.24) is 10.3 Å². The van der Waals surface area contributed by atoms with Gasteiger partial charge in [0.05, 0.1) is 17.1 Å². The molecule has 0 unspecified atom stereocenters. The minimum Gasteiger partial charge on any atom is -0.480 e. The first-order valence-corrected chi connectivity index (χ1v) is 5.64. The van der Waals surface area contributed by atoms with Crippen LogP contribution in [-0.4, -0.2) is 27.5 Å². The van der Waals surface area contributed by atoms with Crippen LogP contribution in [0.5, 0.6) is 0 Å². The monoisotopic (exact) mass is 242 g/mol. The number of amides is 1. The zero-order valence-electron chi connectivity index (χ0n) is 9.40. The Morgan fingerprint density at radius 2 is 2.19 bits per heavy atom. The lowest BCUT2D eigenvalue weighted by Crippen LogP contribution is -2.50. The Balaban J connectivity index is 2.58. The van der Waals surface area contributed by atoms with E-state index in [-0.39, 0.29) is 12.3 Å². The van der Waals surface area contributed by atoms with Crippen molar-refractivity contribution in [2.75, 3.05) is 0 Å². The summed E-state index contributed by atoms with van der Waals surface area (Å²) in [5.41, 5.74) is -0.580. The van der Waals surface area contributed by atoms with Gasteiger partial charge in [-0.2, -0.15) is 0 Å². The zero-order valence-corrected chi connectivity index (χ0v) is 10.2. The van der Waals surface area contributed by atoms with Gasteiger partial charge in [0.2, 0.25) is 5.91 Å². The molecule has 0 aliphatic carbocycles. The number of rotatable bonds is 4. The van der Waals surface area contributed by atoms with Crippen molar-refractivity contribution in [3.05, 3.63) is 16.1 Å². The first-order chi connectivity index (χ1) is 7.31. The fourth-order valence-corrected chi connectivity index (χ4v) is 1.71. The predicted octanol–water partition coefficient (Wildman–Crippen LogP) is 0.973. The molecule has 0 aliphatic heterocycles. The molecule has 2 N–H and O–H groups in total. The molecule has 0 radical (unpaired) electrons. The van der Waals surface area contributed by atoms with Crippen LogP contribution in [0.4, 0.5) is 0 Å². The topological polar surface area (TPSA) is 79.3 Å². The molecular weight excluding hydrogens is 228 g/mol. The number of hydrogen-bond acceptors (Lipinski definition) is 4. The van der Waals surface area contributed by atoms with E-state index in [9.17, 15) is 9.59 Å². The Hall–Kier alpha value is -1.43. The van der Waals surface area contributed by atoms with Gasteiger partial charge in [0.1, 0.15) is 5.54 Å². The number of nitrogens with one attached hydrogen (secondary N) is 1. The summed E-state index contributed by atoms with van der Waals surface area (Å²) in [5, 5.41) is 14.0. The van der Waals surface area contributed by atoms with Crippen molar-refractivity contribution in [1.29, 1.82) is 0 Å². The van der Waals surface area contributed by atoms with Crippen LogP contribution in [0.3, 0.4) is 0 Å². The molecule has 0 fully saturated rings. The number of carboxylic acid groups (broad SMARTS) is 1. The Kier molecular flexibility index (Phi) is 3.64. The maximum Gasteiger partial charge on any atom is 0.328 e. The van der Waals surface area contributed by atoms with Gasteiger partial charge in [-0.25, -0.2) is 9.78 Å². The second-order valence-electron chi connectivity index (χ2n) is 4.01. The number of thiazole rings is 1. The van der Waals surface area contributed by atoms with E-state index >= 15 is 0 Å². The lowest BCUT2D eigenvalue weighted by Gasteiger charge is -2.20. The Bertz CT molecular complexity index is 412. The molecule has 1 amide bonds. The van der Waals surface area contributed by atoms with E-state index in [1.165, 1.54) is 25.2 Å². The Morgan fingerprint density at radius 3 is 2.62 bits per heavy atom. The molecule has 0 aliphatic rings. The smallest absolute Gasteiger partial charge is 0.328 e. The summed E-state index contributed by atoms with van der Waals surface area (Å²) in [4.78, 5) is 26.5. The van der Waals surface area contributed by atoms with Gasteiger partial charge >= 0.3 is 5.97 Å². The molecule has 0 saturated heterocycles. The van der Waals surface area contributed by atoms with Crippen LogP contribution in [-0.2, 0) is 16.0 Å². The molecule has 0 spiro atoms. The van der Waals surface area contributed by atoms with Crippen LogP contribution in [0.2, 0.25) is 0 Å². The highest BCUT2D eigenvalue weighted by Crippen LogP contribution is 2.09. The highest BCUT2D eigenvalue weighted by molar-refractivity contribution is 7.09. The van der Waals surface area contributed by atoms with Crippen molar-refractivity contribution in [3.8, 4) is 0 Å². The third kappa shape index (κ3) is 3.30. The van der Waals surface area contributed by atoms with Crippen LogP contribution < -0.4 is 5.32 Å².